The molecule has 0 spiro atoms. The molecule has 4 heterocycles. The molecule has 5 rings (SSSR count). The highest BCUT2D eigenvalue weighted by molar-refractivity contribution is 6.07. The van der Waals surface area contributed by atoms with Crippen molar-refractivity contribution in [1.29, 1.82) is 0 Å². The molecule has 1 amide bonds. The molecule has 0 bridgehead atoms. The summed E-state index contributed by atoms with van der Waals surface area (Å²) in [5.74, 6) is 0.947. The van der Waals surface area contributed by atoms with Gasteiger partial charge < -0.3 is 19.2 Å². The number of aryl methyl sites for hydroxylation is 1. The van der Waals surface area contributed by atoms with Gasteiger partial charge in [-0.05, 0) is 44.2 Å². The third-order valence-electron chi connectivity index (χ3n) is 4.80. The van der Waals surface area contributed by atoms with Crippen LogP contribution in [-0.4, -0.2) is 26.0 Å². The van der Waals surface area contributed by atoms with Gasteiger partial charge in [0.25, 0.3) is 11.6 Å². The van der Waals surface area contributed by atoms with E-state index in [0.29, 0.717) is 33.9 Å². The minimum atomic E-state index is -0.328. The van der Waals surface area contributed by atoms with Gasteiger partial charge in [-0.1, -0.05) is 17.3 Å². The first-order valence-corrected chi connectivity index (χ1v) is 9.16. The van der Waals surface area contributed by atoms with Crippen LogP contribution in [0.2, 0.25) is 0 Å². The van der Waals surface area contributed by atoms with Crippen LogP contribution in [0.3, 0.4) is 0 Å². The Kier molecular flexibility index (Phi) is 3.90. The van der Waals surface area contributed by atoms with Gasteiger partial charge in [0.05, 0.1) is 40.0 Å². The van der Waals surface area contributed by atoms with Crippen molar-refractivity contribution in [2.24, 2.45) is 0 Å². The number of hydrogen-bond acceptors (Lipinski definition) is 6. The number of H-pyrrole nitrogens is 1. The van der Waals surface area contributed by atoms with Crippen molar-refractivity contribution >= 4 is 28.0 Å². The fraction of sp³-hybridized carbons (Fsp3) is 0.143. The molecule has 0 aliphatic rings. The maximum absolute atomic E-state index is 13.1. The van der Waals surface area contributed by atoms with Crippen molar-refractivity contribution in [2.45, 2.75) is 19.9 Å². The second kappa shape index (κ2) is 6.59. The number of aromatic nitrogens is 4. The van der Waals surface area contributed by atoms with Gasteiger partial charge >= 0.3 is 0 Å². The summed E-state index contributed by atoms with van der Waals surface area (Å²) in [6.45, 7) is 3.65. The Bertz CT molecular complexity index is 1300. The van der Waals surface area contributed by atoms with E-state index in [1.165, 1.54) is 0 Å². The van der Waals surface area contributed by atoms with Gasteiger partial charge in [-0.15, -0.1) is 0 Å². The molecule has 5 aromatic rings. The van der Waals surface area contributed by atoms with Gasteiger partial charge in [0, 0.05) is 0 Å². The molecule has 0 radical (unpaired) electrons. The molecule has 144 valence electrons. The second-order valence-corrected chi connectivity index (χ2v) is 6.81. The van der Waals surface area contributed by atoms with Crippen molar-refractivity contribution in [3.8, 4) is 11.5 Å². The van der Waals surface area contributed by atoms with E-state index in [-0.39, 0.29) is 17.7 Å². The minimum absolute atomic E-state index is 0.274. The van der Waals surface area contributed by atoms with Crippen LogP contribution in [0.5, 0.6) is 0 Å². The van der Waals surface area contributed by atoms with Crippen LogP contribution in [0.25, 0.3) is 33.6 Å². The van der Waals surface area contributed by atoms with Crippen molar-refractivity contribution in [3.05, 3.63) is 65.8 Å². The Labute approximate surface area is 164 Å². The molecular weight excluding hydrogens is 370 g/mol. The van der Waals surface area contributed by atoms with Gasteiger partial charge in [0.1, 0.15) is 11.5 Å². The summed E-state index contributed by atoms with van der Waals surface area (Å²) in [6, 6.07) is 12.6. The van der Waals surface area contributed by atoms with Crippen LogP contribution in [0, 0.1) is 6.92 Å². The molecule has 1 unspecified atom stereocenters. The van der Waals surface area contributed by atoms with Gasteiger partial charge in [0.2, 0.25) is 0 Å². The number of carbonyl (C=O) groups is 1. The van der Waals surface area contributed by atoms with E-state index in [9.17, 15) is 4.79 Å². The highest BCUT2D eigenvalue weighted by atomic mass is 16.5. The fourth-order valence-electron chi connectivity index (χ4n) is 3.34. The van der Waals surface area contributed by atoms with Crippen molar-refractivity contribution in [2.75, 3.05) is 0 Å². The molecule has 4 aromatic heterocycles. The third-order valence-corrected chi connectivity index (χ3v) is 4.80. The molecule has 0 saturated carbocycles. The number of carbonyl (C=O) groups excluding carboxylic acids is 1. The molecule has 2 N–H and O–H groups in total. The molecule has 29 heavy (non-hydrogen) atoms. The topological polar surface area (TPSA) is 110 Å². The highest BCUT2D eigenvalue weighted by Crippen LogP contribution is 2.27. The zero-order valence-corrected chi connectivity index (χ0v) is 15.8. The molecule has 0 fully saturated rings. The maximum Gasteiger partial charge on any atom is 0.259 e. The lowest BCUT2D eigenvalue weighted by Gasteiger charge is -2.12. The minimum Gasteiger partial charge on any atom is -0.463 e. The number of nitrogens with one attached hydrogen (secondary N) is 2. The monoisotopic (exact) mass is 387 g/mol. The van der Waals surface area contributed by atoms with E-state index in [0.717, 1.165) is 11.0 Å². The van der Waals surface area contributed by atoms with E-state index >= 15 is 0 Å². The summed E-state index contributed by atoms with van der Waals surface area (Å²) in [7, 11) is 0. The fourth-order valence-corrected chi connectivity index (χ4v) is 3.34. The number of fused-ring (bicyclic) bond motifs is 2. The molecule has 0 saturated heterocycles. The number of imidazole rings is 1. The van der Waals surface area contributed by atoms with E-state index in [1.807, 2.05) is 31.2 Å². The molecule has 8 heteroatoms. The molecule has 8 nitrogen and oxygen atoms in total. The Morgan fingerprint density at radius 2 is 2.03 bits per heavy atom. The molecule has 1 aromatic carbocycles. The number of hydrogen-bond donors (Lipinski definition) is 2. The SMILES string of the molecule is Cc1noc2nc(-c3ccco3)cc(C(=O)NC(C)c3nc4ccccc4[nH]3)c12. The first-order valence-electron chi connectivity index (χ1n) is 9.16. The Hall–Kier alpha value is -3.94. The predicted molar refractivity (Wildman–Crippen MR) is 106 cm³/mol. The standard InChI is InChI=1S/C21H17N5O3/c1-11-18-13(10-16(17-8-5-9-28-17)25-21(18)29-26-11)20(27)22-12(2)19-23-14-6-3-4-7-15(14)24-19/h3-10,12H,1-2H3,(H,22,27)(H,23,24). The summed E-state index contributed by atoms with van der Waals surface area (Å²) < 4.78 is 10.7. The zero-order valence-electron chi connectivity index (χ0n) is 15.8. The number of aromatic amines is 1. The largest absolute Gasteiger partial charge is 0.463 e. The second-order valence-electron chi connectivity index (χ2n) is 6.81. The number of rotatable bonds is 4. The summed E-state index contributed by atoms with van der Waals surface area (Å²) >= 11 is 0. The first-order chi connectivity index (χ1) is 14.1. The lowest BCUT2D eigenvalue weighted by molar-refractivity contribution is 0.0940. The summed E-state index contributed by atoms with van der Waals surface area (Å²) in [5, 5.41) is 7.53. The number of furan rings is 1. The number of pyridine rings is 1. The first kappa shape index (κ1) is 17.2. The van der Waals surface area contributed by atoms with E-state index in [2.05, 4.69) is 25.4 Å². The normalized spacial score (nSPS) is 12.5. The van der Waals surface area contributed by atoms with Crippen LogP contribution in [0.1, 0.15) is 34.8 Å². The maximum atomic E-state index is 13.1. The van der Waals surface area contributed by atoms with Gasteiger partial charge in [-0.3, -0.25) is 4.79 Å². The molecule has 0 aliphatic heterocycles. The Balaban J connectivity index is 1.52. The Morgan fingerprint density at radius 3 is 2.83 bits per heavy atom. The summed E-state index contributed by atoms with van der Waals surface area (Å²) in [6.07, 6.45) is 1.55. The lowest BCUT2D eigenvalue weighted by Crippen LogP contribution is -2.27. The number of nitrogens with zero attached hydrogens (tertiary/aromatic N) is 3. The average Bonchev–Trinajstić information content (AvgIpc) is 3.47. The van der Waals surface area contributed by atoms with Crippen LogP contribution >= 0.6 is 0 Å². The van der Waals surface area contributed by atoms with Crippen LogP contribution in [0.4, 0.5) is 0 Å². The van der Waals surface area contributed by atoms with Crippen molar-refractivity contribution in [3.63, 3.8) is 0 Å². The third kappa shape index (κ3) is 2.94. The van der Waals surface area contributed by atoms with Crippen LogP contribution < -0.4 is 5.32 Å². The predicted octanol–water partition coefficient (Wildman–Crippen LogP) is 4.16. The number of para-hydroxylation sites is 2. The van der Waals surface area contributed by atoms with Gasteiger partial charge in [0.15, 0.2) is 5.76 Å². The quantitative estimate of drug-likeness (QED) is 0.479. The van der Waals surface area contributed by atoms with Gasteiger partial charge in [-0.25, -0.2) is 9.97 Å². The van der Waals surface area contributed by atoms with E-state index in [1.54, 1.807) is 31.4 Å². The molecular formula is C21H17N5O3. The number of amides is 1. The highest BCUT2D eigenvalue weighted by Gasteiger charge is 2.22. The van der Waals surface area contributed by atoms with Crippen LogP contribution in [0.15, 0.2) is 57.7 Å². The number of benzene rings is 1. The van der Waals surface area contributed by atoms with Gasteiger partial charge in [-0.2, -0.15) is 0 Å². The summed E-state index contributed by atoms with van der Waals surface area (Å²) in [5.41, 5.74) is 3.58. The smallest absolute Gasteiger partial charge is 0.259 e. The molecule has 0 aliphatic carbocycles. The Morgan fingerprint density at radius 1 is 1.17 bits per heavy atom. The zero-order chi connectivity index (χ0) is 20.0. The van der Waals surface area contributed by atoms with Crippen molar-refractivity contribution < 1.29 is 13.7 Å². The van der Waals surface area contributed by atoms with E-state index in [4.69, 9.17) is 8.94 Å². The lowest BCUT2D eigenvalue weighted by atomic mass is 10.1. The van der Waals surface area contributed by atoms with Crippen LogP contribution in [-0.2, 0) is 0 Å². The van der Waals surface area contributed by atoms with E-state index < -0.39 is 0 Å². The molecule has 1 atom stereocenters. The average molecular weight is 387 g/mol. The van der Waals surface area contributed by atoms with Crippen molar-refractivity contribution in [1.82, 2.24) is 25.4 Å². The summed E-state index contributed by atoms with van der Waals surface area (Å²) in [4.78, 5) is 25.4.